The van der Waals surface area contributed by atoms with Crippen LogP contribution in [0.3, 0.4) is 0 Å². The standard InChI is InChI=1S/C56H66N6O8Si/c1-7-69-44-21-24-50-40(31-44)32-48(57-27-11-12-29-63)54(65)62(50)41-17-13-14-38(30-41)34-61-51-25-20-43(68-4)33-47(51)56(55(61)66)37(2)53(71(5,6)45-22-18-42(67-3)19-23-45)52(70-56)26-28-60-35-49(58-59-60)46(36-64)39-15-9-8-10-16-39/h8-10,13-25,30-31,33,35,37,46,48,52-53,57,63-64H,7,11-12,26-29,32,34,36H2,1-6H3/t37-,46?,48?,52+,53-,56+/m0/s1. The molecule has 6 aromatic rings. The Morgan fingerprint density at radius 1 is 0.873 bits per heavy atom. The van der Waals surface area contributed by atoms with Gasteiger partial charge in [-0.05, 0) is 122 Å². The highest BCUT2D eigenvalue weighted by atomic mass is 28.3. The average molecular weight is 979 g/mol. The maximum absolute atomic E-state index is 15.8. The summed E-state index contributed by atoms with van der Waals surface area (Å²) in [6.07, 6.45) is 4.01. The third-order valence-corrected chi connectivity index (χ3v) is 19.4. The molecule has 372 valence electrons. The zero-order valence-corrected chi connectivity index (χ0v) is 42.6. The molecule has 6 atom stereocenters. The molecule has 9 rings (SSSR count). The van der Waals surface area contributed by atoms with Gasteiger partial charge in [-0.15, -0.1) is 5.10 Å². The summed E-state index contributed by atoms with van der Waals surface area (Å²) < 4.78 is 26.6. The van der Waals surface area contributed by atoms with Gasteiger partial charge in [-0.1, -0.05) is 85.0 Å². The van der Waals surface area contributed by atoms with Crippen LogP contribution in [0, 0.1) is 5.92 Å². The normalized spacial score (nSPS) is 21.1. The smallest absolute Gasteiger partial charge is 0.264 e. The molecule has 3 aliphatic rings. The van der Waals surface area contributed by atoms with E-state index in [0.717, 1.165) is 51.5 Å². The number of unbranched alkanes of at least 4 members (excludes halogenated alkanes) is 1. The first-order valence-electron chi connectivity index (χ1n) is 24.9. The molecule has 5 aromatic carbocycles. The number of nitrogens with one attached hydrogen (secondary N) is 1. The number of ether oxygens (including phenoxy) is 4. The summed E-state index contributed by atoms with van der Waals surface area (Å²) in [6.45, 7) is 10.7. The monoisotopic (exact) mass is 978 g/mol. The number of anilines is 3. The van der Waals surface area contributed by atoms with Crippen molar-refractivity contribution >= 4 is 42.1 Å². The summed E-state index contributed by atoms with van der Waals surface area (Å²) in [5.41, 5.74) is 5.12. The van der Waals surface area contributed by atoms with Gasteiger partial charge in [0, 0.05) is 36.5 Å². The summed E-state index contributed by atoms with van der Waals surface area (Å²) >= 11 is 0. The van der Waals surface area contributed by atoms with Gasteiger partial charge in [0.2, 0.25) is 5.91 Å². The number of carbonyl (C=O) groups excluding carboxylic acids is 2. The Hall–Kier alpha value is -6.36. The summed E-state index contributed by atoms with van der Waals surface area (Å²) in [5.74, 6) is 1.36. The first-order valence-corrected chi connectivity index (χ1v) is 27.9. The third kappa shape index (κ3) is 9.49. The van der Waals surface area contributed by atoms with E-state index in [9.17, 15) is 15.0 Å². The molecule has 71 heavy (non-hydrogen) atoms. The van der Waals surface area contributed by atoms with Gasteiger partial charge in [0.1, 0.15) is 17.2 Å². The number of fused-ring (bicyclic) bond motifs is 3. The second kappa shape index (κ2) is 21.2. The van der Waals surface area contributed by atoms with Gasteiger partial charge in [0.05, 0.1) is 77.2 Å². The predicted molar refractivity (Wildman–Crippen MR) is 277 cm³/mol. The number of rotatable bonds is 20. The van der Waals surface area contributed by atoms with Crippen molar-refractivity contribution in [2.24, 2.45) is 5.92 Å². The molecule has 3 N–H and O–H groups in total. The fourth-order valence-corrected chi connectivity index (χ4v) is 15.5. The molecule has 1 saturated heterocycles. The molecule has 0 saturated carbocycles. The molecule has 2 amide bonds. The van der Waals surface area contributed by atoms with Crippen LogP contribution in [0.4, 0.5) is 17.1 Å². The highest BCUT2D eigenvalue weighted by Crippen LogP contribution is 2.60. The maximum atomic E-state index is 15.8. The second-order valence-corrected chi connectivity index (χ2v) is 24.2. The van der Waals surface area contributed by atoms with E-state index in [1.807, 2.05) is 126 Å². The number of methoxy groups -OCH3 is 2. The fourth-order valence-electron chi connectivity index (χ4n) is 11.4. The Bertz CT molecular complexity index is 2820. The van der Waals surface area contributed by atoms with E-state index in [-0.39, 0.29) is 55.1 Å². The molecule has 1 spiro atoms. The van der Waals surface area contributed by atoms with Crippen LogP contribution in [-0.2, 0) is 39.4 Å². The van der Waals surface area contributed by atoms with Crippen molar-refractivity contribution < 1.29 is 38.7 Å². The number of hydrogen-bond acceptors (Lipinski definition) is 11. The van der Waals surface area contributed by atoms with E-state index in [0.29, 0.717) is 56.1 Å². The van der Waals surface area contributed by atoms with Gasteiger partial charge < -0.3 is 39.4 Å². The first kappa shape index (κ1) is 49.6. The molecule has 0 bridgehead atoms. The lowest BCUT2D eigenvalue weighted by molar-refractivity contribution is -0.146. The van der Waals surface area contributed by atoms with Gasteiger partial charge in [-0.3, -0.25) is 19.2 Å². The molecule has 1 fully saturated rings. The van der Waals surface area contributed by atoms with Crippen LogP contribution >= 0.6 is 0 Å². The quantitative estimate of drug-likeness (QED) is 0.0510. The molecule has 0 radical (unpaired) electrons. The molecule has 3 aliphatic heterocycles. The zero-order chi connectivity index (χ0) is 49.9. The average Bonchev–Trinajstić information content (AvgIpc) is 4.05. The third-order valence-electron chi connectivity index (χ3n) is 15.0. The van der Waals surface area contributed by atoms with Crippen molar-refractivity contribution in [2.75, 3.05) is 50.4 Å². The highest BCUT2D eigenvalue weighted by Gasteiger charge is 2.66. The largest absolute Gasteiger partial charge is 0.497 e. The minimum atomic E-state index is -2.48. The Morgan fingerprint density at radius 3 is 2.35 bits per heavy atom. The number of hydrogen-bond donors (Lipinski definition) is 3. The number of aliphatic hydroxyl groups excluding tert-OH is 2. The number of aliphatic hydroxyl groups is 2. The van der Waals surface area contributed by atoms with E-state index in [2.05, 4.69) is 47.8 Å². The van der Waals surface area contributed by atoms with Crippen molar-refractivity contribution in [3.63, 3.8) is 0 Å². The van der Waals surface area contributed by atoms with Crippen LogP contribution in [0.15, 0.2) is 121 Å². The Morgan fingerprint density at radius 2 is 1.62 bits per heavy atom. The number of aromatic nitrogens is 3. The number of aryl methyl sites for hydroxylation is 1. The molecule has 1 aromatic heterocycles. The lowest BCUT2D eigenvalue weighted by atomic mass is 9.82. The van der Waals surface area contributed by atoms with Crippen LogP contribution in [0.1, 0.15) is 67.0 Å². The number of carbonyl (C=O) groups is 2. The first-order chi connectivity index (χ1) is 34.4. The molecular formula is C56H66N6O8Si. The van der Waals surface area contributed by atoms with Crippen LogP contribution in [-0.4, -0.2) is 97.8 Å². The van der Waals surface area contributed by atoms with Crippen molar-refractivity contribution in [1.82, 2.24) is 20.3 Å². The van der Waals surface area contributed by atoms with Crippen molar-refractivity contribution in [3.8, 4) is 17.2 Å². The summed E-state index contributed by atoms with van der Waals surface area (Å²) in [5, 5.41) is 33.6. The van der Waals surface area contributed by atoms with Gasteiger partial charge in [0.25, 0.3) is 5.91 Å². The summed E-state index contributed by atoms with van der Waals surface area (Å²) in [7, 11) is 0.823. The number of benzene rings is 5. The summed E-state index contributed by atoms with van der Waals surface area (Å²) in [4.78, 5) is 34.0. The van der Waals surface area contributed by atoms with Crippen LogP contribution in [0.5, 0.6) is 17.2 Å². The minimum Gasteiger partial charge on any atom is -0.497 e. The Kier molecular flexibility index (Phi) is 14.8. The number of nitrogens with zero attached hydrogens (tertiary/aromatic N) is 5. The van der Waals surface area contributed by atoms with Crippen molar-refractivity contribution in [3.05, 3.63) is 149 Å². The van der Waals surface area contributed by atoms with E-state index < -0.39 is 19.7 Å². The maximum Gasteiger partial charge on any atom is 0.264 e. The highest BCUT2D eigenvalue weighted by molar-refractivity contribution is 6.91. The number of amides is 2. The Balaban J connectivity index is 1.06. The molecular weight excluding hydrogens is 913 g/mol. The zero-order valence-electron chi connectivity index (χ0n) is 41.6. The van der Waals surface area contributed by atoms with Gasteiger partial charge in [0.15, 0.2) is 5.60 Å². The molecule has 15 heteroatoms. The van der Waals surface area contributed by atoms with E-state index in [1.54, 1.807) is 19.1 Å². The molecule has 0 aliphatic carbocycles. The molecule has 14 nitrogen and oxygen atoms in total. The van der Waals surface area contributed by atoms with E-state index >= 15 is 4.79 Å². The molecule has 4 heterocycles. The van der Waals surface area contributed by atoms with Crippen molar-refractivity contribution in [2.45, 2.75) is 94.9 Å². The fraction of sp³-hybridized carbons (Fsp3) is 0.393. The Labute approximate surface area is 417 Å². The lowest BCUT2D eigenvalue weighted by Crippen LogP contribution is -2.51. The van der Waals surface area contributed by atoms with Gasteiger partial charge >= 0.3 is 0 Å². The van der Waals surface area contributed by atoms with Gasteiger partial charge in [-0.25, -0.2) is 0 Å². The van der Waals surface area contributed by atoms with Gasteiger partial charge in [-0.2, -0.15) is 0 Å². The van der Waals surface area contributed by atoms with Crippen molar-refractivity contribution in [1.29, 1.82) is 0 Å². The van der Waals surface area contributed by atoms with Crippen LogP contribution in [0.25, 0.3) is 0 Å². The van der Waals surface area contributed by atoms with E-state index in [4.69, 9.17) is 18.9 Å². The van der Waals surface area contributed by atoms with Crippen LogP contribution in [0.2, 0.25) is 18.6 Å². The summed E-state index contributed by atoms with van der Waals surface area (Å²) in [6, 6.07) is 37.3. The van der Waals surface area contributed by atoms with Crippen LogP contribution < -0.4 is 34.5 Å². The topological polar surface area (TPSA) is 161 Å². The second-order valence-electron chi connectivity index (χ2n) is 19.5. The minimum absolute atomic E-state index is 0.0294. The SMILES string of the molecule is CCOc1ccc2c(c1)CC(NCCCCO)C(=O)N2c1cccc(CN2C(=O)[C@]3(O[C@H](CCn4cc(C(CO)c5ccccc5)nn4)[C@@H]([Si](C)(C)c4ccc(OC)cc4)[C@@H]3C)c3cc(OC)ccc32)c1. The van der Waals surface area contributed by atoms with E-state index in [1.165, 1.54) is 5.19 Å². The predicted octanol–water partition coefficient (Wildman–Crippen LogP) is 7.62. The lowest BCUT2D eigenvalue weighted by Gasteiger charge is -2.37. The molecule has 2 unspecified atom stereocenters.